The molecule has 1 heterocycles. The quantitative estimate of drug-likeness (QED) is 0.806. The first kappa shape index (κ1) is 14.4. The smallest absolute Gasteiger partial charge is 0.317 e. The number of aryl methyl sites for hydroxylation is 1. The Kier molecular flexibility index (Phi) is 3.50. The molecule has 1 aromatic heterocycles. The fourth-order valence-electron chi connectivity index (χ4n) is 2.75. The van der Waals surface area contributed by atoms with Gasteiger partial charge in [-0.1, -0.05) is 6.07 Å². The maximum absolute atomic E-state index is 11.8. The minimum atomic E-state index is -0.716. The molecule has 0 atom stereocenters. The molecule has 0 spiro atoms. The third kappa shape index (κ3) is 2.29. The van der Waals surface area contributed by atoms with E-state index in [1.54, 1.807) is 7.11 Å². The number of rotatable bonds is 3. The number of carbonyl (C=O) groups excluding carboxylic acids is 2. The number of fused-ring (bicyclic) bond motifs is 3. The molecule has 0 bridgehead atoms. The zero-order chi connectivity index (χ0) is 15.9. The predicted octanol–water partition coefficient (Wildman–Crippen LogP) is 2.11. The molecule has 1 aliphatic rings. The number of primary amides is 2. The van der Waals surface area contributed by atoms with Crippen LogP contribution in [0.1, 0.15) is 21.5 Å². The van der Waals surface area contributed by atoms with Crippen LogP contribution < -0.4 is 21.5 Å². The number of urea groups is 1. The average molecular weight is 317 g/mol. The SMILES string of the molecule is COc1ccc2c(c1)-c1sc(NC(N)=O)c(C(N)=O)c1CC2. The standard InChI is InChI=1S/C15H15N3O3S/c1-21-8-4-2-7-3-5-9-11(13(16)19)14(18-15(17)20)22-12(9)10(7)6-8/h2,4,6H,3,5H2,1H3,(H2,16,19)(H3,17,18,20). The monoisotopic (exact) mass is 317 g/mol. The molecule has 0 saturated heterocycles. The fourth-order valence-corrected chi connectivity index (χ4v) is 4.06. The molecule has 0 saturated carbocycles. The number of hydrogen-bond acceptors (Lipinski definition) is 4. The Hall–Kier alpha value is -2.54. The maximum atomic E-state index is 11.8. The lowest BCUT2D eigenvalue weighted by atomic mass is 9.89. The van der Waals surface area contributed by atoms with Gasteiger partial charge >= 0.3 is 6.03 Å². The minimum Gasteiger partial charge on any atom is -0.497 e. The van der Waals surface area contributed by atoms with Crippen LogP contribution in [0.4, 0.5) is 9.80 Å². The molecule has 1 aliphatic carbocycles. The van der Waals surface area contributed by atoms with Crippen molar-refractivity contribution in [1.29, 1.82) is 0 Å². The van der Waals surface area contributed by atoms with Crippen LogP contribution in [-0.4, -0.2) is 19.0 Å². The summed E-state index contributed by atoms with van der Waals surface area (Å²) in [6.45, 7) is 0. The van der Waals surface area contributed by atoms with Crippen LogP contribution in [-0.2, 0) is 12.8 Å². The van der Waals surface area contributed by atoms with E-state index in [9.17, 15) is 9.59 Å². The normalized spacial score (nSPS) is 12.2. The number of anilines is 1. The van der Waals surface area contributed by atoms with Gasteiger partial charge in [-0.25, -0.2) is 4.79 Å². The summed E-state index contributed by atoms with van der Waals surface area (Å²) in [5, 5.41) is 2.90. The van der Waals surface area contributed by atoms with Gasteiger partial charge in [0.1, 0.15) is 10.8 Å². The highest BCUT2D eigenvalue weighted by Crippen LogP contribution is 2.45. The highest BCUT2D eigenvalue weighted by Gasteiger charge is 2.27. The first-order valence-electron chi connectivity index (χ1n) is 6.70. The van der Waals surface area contributed by atoms with Crippen molar-refractivity contribution in [2.75, 3.05) is 12.4 Å². The summed E-state index contributed by atoms with van der Waals surface area (Å²) >= 11 is 1.31. The Morgan fingerprint density at radius 3 is 2.68 bits per heavy atom. The van der Waals surface area contributed by atoms with Gasteiger partial charge in [-0.15, -0.1) is 11.3 Å². The van der Waals surface area contributed by atoms with E-state index < -0.39 is 11.9 Å². The van der Waals surface area contributed by atoms with E-state index in [2.05, 4.69) is 5.32 Å². The molecule has 114 valence electrons. The van der Waals surface area contributed by atoms with Gasteiger partial charge in [-0.3, -0.25) is 10.1 Å². The van der Waals surface area contributed by atoms with Crippen molar-refractivity contribution >= 4 is 28.3 Å². The van der Waals surface area contributed by atoms with Crippen molar-refractivity contribution in [3.05, 3.63) is 34.9 Å². The van der Waals surface area contributed by atoms with Gasteiger partial charge in [0.15, 0.2) is 0 Å². The number of methoxy groups -OCH3 is 1. The van der Waals surface area contributed by atoms with Gasteiger partial charge in [-0.2, -0.15) is 0 Å². The molecule has 0 aliphatic heterocycles. The first-order valence-corrected chi connectivity index (χ1v) is 7.52. The topological polar surface area (TPSA) is 107 Å². The number of thiophene rings is 1. The van der Waals surface area contributed by atoms with Crippen molar-refractivity contribution in [2.24, 2.45) is 11.5 Å². The zero-order valence-electron chi connectivity index (χ0n) is 11.9. The lowest BCUT2D eigenvalue weighted by molar-refractivity contribution is 0.100. The van der Waals surface area contributed by atoms with E-state index in [-0.39, 0.29) is 0 Å². The van der Waals surface area contributed by atoms with Crippen molar-refractivity contribution < 1.29 is 14.3 Å². The van der Waals surface area contributed by atoms with Gasteiger partial charge < -0.3 is 16.2 Å². The van der Waals surface area contributed by atoms with Crippen LogP contribution in [0.3, 0.4) is 0 Å². The third-order valence-electron chi connectivity index (χ3n) is 3.70. The Balaban J connectivity index is 2.20. The Labute approximate surface area is 131 Å². The van der Waals surface area contributed by atoms with Crippen molar-refractivity contribution in [1.82, 2.24) is 0 Å². The van der Waals surface area contributed by atoms with Gasteiger partial charge in [0.2, 0.25) is 0 Å². The molecule has 0 unspecified atom stereocenters. The van der Waals surface area contributed by atoms with Gasteiger partial charge in [0.05, 0.1) is 12.7 Å². The van der Waals surface area contributed by atoms with Crippen molar-refractivity contribution in [2.45, 2.75) is 12.8 Å². The van der Waals surface area contributed by atoms with Crippen molar-refractivity contribution in [3.8, 4) is 16.2 Å². The van der Waals surface area contributed by atoms with E-state index in [0.29, 0.717) is 17.0 Å². The number of benzene rings is 1. The van der Waals surface area contributed by atoms with Crippen LogP contribution >= 0.6 is 11.3 Å². The third-order valence-corrected chi connectivity index (χ3v) is 4.88. The molecular weight excluding hydrogens is 302 g/mol. The van der Waals surface area contributed by atoms with Crippen LogP contribution in [0.5, 0.6) is 5.75 Å². The summed E-state index contributed by atoms with van der Waals surface area (Å²) in [7, 11) is 1.61. The van der Waals surface area contributed by atoms with Crippen LogP contribution in [0.2, 0.25) is 0 Å². The average Bonchev–Trinajstić information content (AvgIpc) is 2.84. The lowest BCUT2D eigenvalue weighted by Crippen LogP contribution is -2.22. The predicted molar refractivity (Wildman–Crippen MR) is 85.4 cm³/mol. The molecule has 2 aromatic rings. The second-order valence-corrected chi connectivity index (χ2v) is 6.01. The largest absolute Gasteiger partial charge is 0.497 e. The Morgan fingerprint density at radius 2 is 2.05 bits per heavy atom. The summed E-state index contributed by atoms with van der Waals surface area (Å²) < 4.78 is 5.27. The van der Waals surface area contributed by atoms with E-state index in [0.717, 1.165) is 28.2 Å². The minimum absolute atomic E-state index is 0.354. The molecule has 5 N–H and O–H groups in total. The highest BCUT2D eigenvalue weighted by atomic mass is 32.1. The zero-order valence-corrected chi connectivity index (χ0v) is 12.8. The second kappa shape index (κ2) is 5.34. The molecule has 0 fully saturated rings. The molecular formula is C15H15N3O3S. The van der Waals surface area contributed by atoms with E-state index >= 15 is 0 Å². The number of amides is 3. The summed E-state index contributed by atoms with van der Waals surface area (Å²) in [5.74, 6) is 0.178. The van der Waals surface area contributed by atoms with E-state index in [4.69, 9.17) is 16.2 Å². The molecule has 22 heavy (non-hydrogen) atoms. The van der Waals surface area contributed by atoms with Crippen LogP contribution in [0, 0.1) is 0 Å². The highest BCUT2D eigenvalue weighted by molar-refractivity contribution is 7.20. The van der Waals surface area contributed by atoms with Crippen LogP contribution in [0.25, 0.3) is 10.4 Å². The molecule has 0 radical (unpaired) electrons. The summed E-state index contributed by atoms with van der Waals surface area (Å²) in [4.78, 5) is 23.9. The summed E-state index contributed by atoms with van der Waals surface area (Å²) in [6, 6.07) is 5.14. The Morgan fingerprint density at radius 1 is 1.27 bits per heavy atom. The molecule has 7 heteroatoms. The first-order chi connectivity index (χ1) is 10.5. The van der Waals surface area contributed by atoms with Crippen molar-refractivity contribution in [3.63, 3.8) is 0 Å². The fraction of sp³-hybridized carbons (Fsp3) is 0.200. The van der Waals surface area contributed by atoms with Gasteiger partial charge in [-0.05, 0) is 41.7 Å². The van der Waals surface area contributed by atoms with Gasteiger partial charge in [0, 0.05) is 4.88 Å². The van der Waals surface area contributed by atoms with Crippen LogP contribution in [0.15, 0.2) is 18.2 Å². The molecule has 3 rings (SSSR count). The lowest BCUT2D eigenvalue weighted by Gasteiger charge is -2.17. The number of carbonyl (C=O) groups is 2. The second-order valence-electron chi connectivity index (χ2n) is 4.99. The molecule has 6 nitrogen and oxygen atoms in total. The Bertz CT molecular complexity index is 783. The summed E-state index contributed by atoms with van der Waals surface area (Å²) in [6.07, 6.45) is 1.50. The van der Waals surface area contributed by atoms with E-state index in [1.807, 2.05) is 18.2 Å². The molecule has 1 aromatic carbocycles. The van der Waals surface area contributed by atoms with E-state index in [1.165, 1.54) is 16.9 Å². The number of nitrogens with two attached hydrogens (primary N) is 2. The molecule has 3 amide bonds. The van der Waals surface area contributed by atoms with Gasteiger partial charge in [0.25, 0.3) is 5.91 Å². The number of ether oxygens (including phenoxy) is 1. The summed E-state index contributed by atoms with van der Waals surface area (Å²) in [5.41, 5.74) is 14.1. The maximum Gasteiger partial charge on any atom is 0.317 e. The number of nitrogens with one attached hydrogen (secondary N) is 1. The number of hydrogen-bond donors (Lipinski definition) is 3.